The van der Waals surface area contributed by atoms with Gasteiger partial charge in [-0.25, -0.2) is 4.98 Å². The van der Waals surface area contributed by atoms with Crippen LogP contribution in [-0.2, 0) is 13.5 Å². The molecule has 19 heavy (non-hydrogen) atoms. The molecular formula is C14H18N4S. The Bertz CT molecular complexity index is 576. The molecule has 0 saturated heterocycles. The van der Waals surface area contributed by atoms with Crippen LogP contribution in [0.3, 0.4) is 0 Å². The topological polar surface area (TPSA) is 47.1 Å². The first-order chi connectivity index (χ1) is 9.09. The number of nitrogens with two attached hydrogens (primary N) is 1. The van der Waals surface area contributed by atoms with Gasteiger partial charge in [-0.3, -0.25) is 0 Å². The molecule has 0 saturated carbocycles. The molecule has 2 rings (SSSR count). The molecule has 0 aliphatic heterocycles. The van der Waals surface area contributed by atoms with Gasteiger partial charge < -0.3 is 15.2 Å². The first kappa shape index (κ1) is 13.5. The SMILES string of the molecule is CN(CCc1nccn1C)c1ccccc1C(N)=S. The standard InChI is InChI=1S/C14H18N4S/c1-17(9-7-13-16-8-10-18(13)2)12-6-4-3-5-11(12)14(15)19/h3-6,8,10H,7,9H2,1-2H3,(H2,15,19). The van der Waals surface area contributed by atoms with Gasteiger partial charge in [0.05, 0.1) is 0 Å². The van der Waals surface area contributed by atoms with Crippen molar-refractivity contribution < 1.29 is 0 Å². The fourth-order valence-electron chi connectivity index (χ4n) is 2.04. The molecule has 4 nitrogen and oxygen atoms in total. The summed E-state index contributed by atoms with van der Waals surface area (Å²) in [5, 5.41) is 0. The van der Waals surface area contributed by atoms with Crippen LogP contribution in [0.15, 0.2) is 36.7 Å². The Morgan fingerprint density at radius 2 is 2.16 bits per heavy atom. The van der Waals surface area contributed by atoms with Gasteiger partial charge >= 0.3 is 0 Å². The lowest BCUT2D eigenvalue weighted by molar-refractivity contribution is 0.756. The third-order valence-electron chi connectivity index (χ3n) is 3.17. The molecule has 0 amide bonds. The number of thiocarbonyl (C=S) groups is 1. The van der Waals surface area contributed by atoms with Crippen LogP contribution in [0.5, 0.6) is 0 Å². The molecule has 1 heterocycles. The van der Waals surface area contributed by atoms with Crippen molar-refractivity contribution in [2.75, 3.05) is 18.5 Å². The Morgan fingerprint density at radius 3 is 2.79 bits per heavy atom. The second-order valence-corrected chi connectivity index (χ2v) is 4.95. The number of aromatic nitrogens is 2. The number of aryl methyl sites for hydroxylation is 1. The third-order valence-corrected chi connectivity index (χ3v) is 3.39. The fourth-order valence-corrected chi connectivity index (χ4v) is 2.21. The predicted octanol–water partition coefficient (Wildman–Crippen LogP) is 1.73. The summed E-state index contributed by atoms with van der Waals surface area (Å²) in [6.07, 6.45) is 4.66. The lowest BCUT2D eigenvalue weighted by atomic mass is 10.1. The van der Waals surface area contributed by atoms with E-state index in [-0.39, 0.29) is 0 Å². The molecule has 1 aromatic heterocycles. The van der Waals surface area contributed by atoms with Crippen LogP contribution in [0.1, 0.15) is 11.4 Å². The molecule has 100 valence electrons. The molecule has 0 fully saturated rings. The maximum Gasteiger partial charge on any atom is 0.110 e. The summed E-state index contributed by atoms with van der Waals surface area (Å²) in [5.41, 5.74) is 7.73. The predicted molar refractivity (Wildman–Crippen MR) is 82.5 cm³/mol. The average molecular weight is 274 g/mol. The molecule has 5 heteroatoms. The highest BCUT2D eigenvalue weighted by atomic mass is 32.1. The van der Waals surface area contributed by atoms with Gasteiger partial charge in [-0.2, -0.15) is 0 Å². The van der Waals surface area contributed by atoms with E-state index in [1.807, 2.05) is 55.3 Å². The smallest absolute Gasteiger partial charge is 0.110 e. The van der Waals surface area contributed by atoms with Crippen molar-refractivity contribution in [1.82, 2.24) is 9.55 Å². The number of nitrogens with zero attached hydrogens (tertiary/aromatic N) is 3. The zero-order valence-electron chi connectivity index (χ0n) is 11.2. The van der Waals surface area contributed by atoms with Crippen LogP contribution >= 0.6 is 12.2 Å². The first-order valence-electron chi connectivity index (χ1n) is 6.15. The normalized spacial score (nSPS) is 10.4. The van der Waals surface area contributed by atoms with E-state index in [4.69, 9.17) is 18.0 Å². The minimum atomic E-state index is 0.430. The van der Waals surface area contributed by atoms with Crippen LogP contribution in [0.25, 0.3) is 0 Å². The fraction of sp³-hybridized carbons (Fsp3) is 0.286. The van der Waals surface area contributed by atoms with Crippen LogP contribution in [-0.4, -0.2) is 28.1 Å². The number of hydrogen-bond acceptors (Lipinski definition) is 3. The number of imidazole rings is 1. The Kier molecular flexibility index (Phi) is 4.16. The van der Waals surface area contributed by atoms with Crippen LogP contribution in [0.2, 0.25) is 0 Å². The molecule has 0 radical (unpaired) electrons. The number of benzene rings is 1. The van der Waals surface area contributed by atoms with E-state index >= 15 is 0 Å². The number of hydrogen-bond donors (Lipinski definition) is 1. The van der Waals surface area contributed by atoms with E-state index in [0.717, 1.165) is 30.0 Å². The molecule has 2 aromatic rings. The number of anilines is 1. The molecule has 0 spiro atoms. The molecule has 0 unspecified atom stereocenters. The summed E-state index contributed by atoms with van der Waals surface area (Å²) in [6.45, 7) is 0.866. The number of rotatable bonds is 5. The van der Waals surface area contributed by atoms with Gasteiger partial charge in [0.2, 0.25) is 0 Å². The second kappa shape index (κ2) is 5.84. The quantitative estimate of drug-likeness (QED) is 0.844. The summed E-state index contributed by atoms with van der Waals surface area (Å²) in [6, 6.07) is 7.93. The Morgan fingerprint density at radius 1 is 1.42 bits per heavy atom. The zero-order valence-corrected chi connectivity index (χ0v) is 12.0. The highest BCUT2D eigenvalue weighted by Crippen LogP contribution is 2.19. The molecule has 0 aliphatic carbocycles. The van der Waals surface area contributed by atoms with Gasteiger partial charge in [-0.15, -0.1) is 0 Å². The van der Waals surface area contributed by atoms with Crippen molar-refractivity contribution in [3.63, 3.8) is 0 Å². The van der Waals surface area contributed by atoms with Gasteiger partial charge in [0.15, 0.2) is 0 Å². The van der Waals surface area contributed by atoms with Crippen molar-refractivity contribution in [2.24, 2.45) is 12.8 Å². The zero-order chi connectivity index (χ0) is 13.8. The maximum atomic E-state index is 5.76. The highest BCUT2D eigenvalue weighted by Gasteiger charge is 2.09. The van der Waals surface area contributed by atoms with Crippen molar-refractivity contribution in [2.45, 2.75) is 6.42 Å². The molecule has 0 bridgehead atoms. The summed E-state index contributed by atoms with van der Waals surface area (Å²) in [4.78, 5) is 6.91. The summed E-state index contributed by atoms with van der Waals surface area (Å²) in [7, 11) is 4.05. The van der Waals surface area contributed by atoms with Gasteiger partial charge in [-0.1, -0.05) is 24.4 Å². The van der Waals surface area contributed by atoms with Crippen LogP contribution in [0, 0.1) is 0 Å². The van der Waals surface area contributed by atoms with Crippen LogP contribution < -0.4 is 10.6 Å². The largest absolute Gasteiger partial charge is 0.389 e. The van der Waals surface area contributed by atoms with Gasteiger partial charge in [0.25, 0.3) is 0 Å². The lowest BCUT2D eigenvalue weighted by Gasteiger charge is -2.22. The maximum absolute atomic E-state index is 5.76. The van der Waals surface area contributed by atoms with Crippen molar-refractivity contribution >= 4 is 22.9 Å². The van der Waals surface area contributed by atoms with Gasteiger partial charge in [0.1, 0.15) is 10.8 Å². The number of para-hydroxylation sites is 1. The highest BCUT2D eigenvalue weighted by molar-refractivity contribution is 7.80. The van der Waals surface area contributed by atoms with E-state index in [2.05, 4.69) is 9.88 Å². The number of likely N-dealkylation sites (N-methyl/N-ethyl adjacent to an activating group) is 1. The lowest BCUT2D eigenvalue weighted by Crippen LogP contribution is -2.24. The van der Waals surface area contributed by atoms with Crippen LogP contribution in [0.4, 0.5) is 5.69 Å². The molecule has 1 aromatic carbocycles. The van der Waals surface area contributed by atoms with E-state index in [9.17, 15) is 0 Å². The minimum Gasteiger partial charge on any atom is -0.389 e. The Labute approximate surface area is 118 Å². The molecule has 2 N–H and O–H groups in total. The van der Waals surface area contributed by atoms with Crippen molar-refractivity contribution in [1.29, 1.82) is 0 Å². The van der Waals surface area contributed by atoms with Gasteiger partial charge in [-0.05, 0) is 12.1 Å². The van der Waals surface area contributed by atoms with Crippen molar-refractivity contribution in [3.8, 4) is 0 Å². The van der Waals surface area contributed by atoms with E-state index in [1.54, 1.807) is 0 Å². The minimum absolute atomic E-state index is 0.430. The second-order valence-electron chi connectivity index (χ2n) is 4.51. The Hall–Kier alpha value is -1.88. The summed E-state index contributed by atoms with van der Waals surface area (Å²) in [5.74, 6) is 1.07. The summed E-state index contributed by atoms with van der Waals surface area (Å²) >= 11 is 5.09. The van der Waals surface area contributed by atoms with E-state index < -0.39 is 0 Å². The first-order valence-corrected chi connectivity index (χ1v) is 6.56. The average Bonchev–Trinajstić information content (AvgIpc) is 2.81. The summed E-state index contributed by atoms with van der Waals surface area (Å²) < 4.78 is 2.04. The van der Waals surface area contributed by atoms with E-state index in [1.165, 1.54) is 0 Å². The van der Waals surface area contributed by atoms with Gasteiger partial charge in [0, 0.05) is 50.7 Å². The molecular weight excluding hydrogens is 256 g/mol. The molecule has 0 atom stereocenters. The molecule has 0 aliphatic rings. The van der Waals surface area contributed by atoms with Crippen molar-refractivity contribution in [3.05, 3.63) is 48.0 Å². The third kappa shape index (κ3) is 3.12. The Balaban J connectivity index is 2.10. The van der Waals surface area contributed by atoms with E-state index in [0.29, 0.717) is 4.99 Å². The monoisotopic (exact) mass is 274 g/mol.